The quantitative estimate of drug-likeness (QED) is 0.283. The molecule has 0 spiro atoms. The van der Waals surface area contributed by atoms with E-state index in [9.17, 15) is 4.79 Å². The molecule has 188 valence electrons. The molecule has 0 unspecified atom stereocenters. The zero-order valence-corrected chi connectivity index (χ0v) is 22.5. The first-order chi connectivity index (χ1) is 17.2. The summed E-state index contributed by atoms with van der Waals surface area (Å²) in [5, 5.41) is 13.1. The van der Waals surface area contributed by atoms with E-state index < -0.39 is 0 Å². The fraction of sp³-hybridized carbons (Fsp3) is 0.296. The molecule has 0 saturated carbocycles. The molecule has 1 N–H and O–H groups in total. The number of aromatic nitrogens is 3. The Morgan fingerprint density at radius 1 is 0.944 bits per heavy atom. The second-order valence-electron chi connectivity index (χ2n) is 8.66. The predicted octanol–water partition coefficient (Wildman–Crippen LogP) is 6.52. The minimum atomic E-state index is -0.307. The third kappa shape index (κ3) is 5.42. The Morgan fingerprint density at radius 3 is 2.28 bits per heavy atom. The van der Waals surface area contributed by atoms with Gasteiger partial charge in [0.25, 0.3) is 5.91 Å². The topological polar surface area (TPSA) is 72.3 Å². The van der Waals surface area contributed by atoms with Crippen molar-refractivity contribution in [3.8, 4) is 11.4 Å². The lowest BCUT2D eigenvalue weighted by molar-refractivity contribution is -0.118. The maximum atomic E-state index is 12.6. The number of ether oxygens (including phenoxy) is 1. The van der Waals surface area contributed by atoms with Gasteiger partial charge in [0.15, 0.2) is 6.61 Å². The molecule has 0 radical (unpaired) electrons. The van der Waals surface area contributed by atoms with Gasteiger partial charge in [-0.25, -0.2) is 0 Å². The SMILES string of the molecule is CCN(CC)c1ccc(-n2nc3cc(C)c(NC(=O)COc4c(C)cc(Cl)cc4Cl)cc3n2)c(C)c1. The zero-order chi connectivity index (χ0) is 26.0. The van der Waals surface area contributed by atoms with Crippen LogP contribution in [0, 0.1) is 20.8 Å². The summed E-state index contributed by atoms with van der Waals surface area (Å²) in [6.45, 7) is 11.8. The van der Waals surface area contributed by atoms with Gasteiger partial charge in [-0.3, -0.25) is 4.79 Å². The molecule has 1 aromatic heterocycles. The summed E-state index contributed by atoms with van der Waals surface area (Å²) < 4.78 is 5.66. The summed E-state index contributed by atoms with van der Waals surface area (Å²) in [5.74, 6) is 0.131. The van der Waals surface area contributed by atoms with Crippen LogP contribution in [0.5, 0.6) is 5.75 Å². The lowest BCUT2D eigenvalue weighted by Gasteiger charge is -2.22. The minimum Gasteiger partial charge on any atom is -0.482 e. The molecular formula is C27H29Cl2N5O2. The Hall–Kier alpha value is -3.29. The lowest BCUT2D eigenvalue weighted by atomic mass is 10.1. The normalized spacial score (nSPS) is 11.1. The van der Waals surface area contributed by atoms with E-state index in [1.165, 1.54) is 5.69 Å². The predicted molar refractivity (Wildman–Crippen MR) is 147 cm³/mol. The Kier molecular flexibility index (Phi) is 7.71. The van der Waals surface area contributed by atoms with E-state index in [4.69, 9.17) is 27.9 Å². The second-order valence-corrected chi connectivity index (χ2v) is 9.50. The highest BCUT2D eigenvalue weighted by Gasteiger charge is 2.14. The molecule has 0 saturated heterocycles. The molecular weight excluding hydrogens is 497 g/mol. The second kappa shape index (κ2) is 10.8. The van der Waals surface area contributed by atoms with Crippen LogP contribution in [0.2, 0.25) is 10.0 Å². The van der Waals surface area contributed by atoms with Crippen LogP contribution in [0.15, 0.2) is 42.5 Å². The van der Waals surface area contributed by atoms with Crippen LogP contribution in [0.1, 0.15) is 30.5 Å². The minimum absolute atomic E-state index is 0.190. The van der Waals surface area contributed by atoms with Crippen LogP contribution < -0.4 is 15.0 Å². The summed E-state index contributed by atoms with van der Waals surface area (Å²) in [5.41, 5.74) is 6.88. The van der Waals surface area contributed by atoms with Crippen molar-refractivity contribution < 1.29 is 9.53 Å². The van der Waals surface area contributed by atoms with E-state index in [1.54, 1.807) is 16.9 Å². The van der Waals surface area contributed by atoms with Gasteiger partial charge >= 0.3 is 0 Å². The molecule has 0 aliphatic rings. The maximum Gasteiger partial charge on any atom is 0.262 e. The fourth-order valence-corrected chi connectivity index (χ4v) is 4.81. The number of anilines is 2. The van der Waals surface area contributed by atoms with E-state index in [-0.39, 0.29) is 12.5 Å². The van der Waals surface area contributed by atoms with Crippen LogP contribution >= 0.6 is 23.2 Å². The van der Waals surface area contributed by atoms with Gasteiger partial charge in [-0.05, 0) is 93.8 Å². The molecule has 0 aliphatic carbocycles. The first-order valence-corrected chi connectivity index (χ1v) is 12.6. The Balaban J connectivity index is 1.52. The third-order valence-corrected chi connectivity index (χ3v) is 6.57. The summed E-state index contributed by atoms with van der Waals surface area (Å²) in [4.78, 5) is 16.6. The number of aryl methyl sites for hydroxylation is 3. The number of amides is 1. The number of hydrogen-bond donors (Lipinski definition) is 1. The molecule has 0 aliphatic heterocycles. The van der Waals surface area contributed by atoms with Gasteiger partial charge in [-0.1, -0.05) is 23.2 Å². The van der Waals surface area contributed by atoms with E-state index in [2.05, 4.69) is 53.3 Å². The highest BCUT2D eigenvalue weighted by atomic mass is 35.5. The van der Waals surface area contributed by atoms with E-state index in [0.717, 1.165) is 41.0 Å². The van der Waals surface area contributed by atoms with Gasteiger partial charge in [0.2, 0.25) is 0 Å². The number of nitrogens with one attached hydrogen (secondary N) is 1. The van der Waals surface area contributed by atoms with Crippen LogP contribution in [-0.4, -0.2) is 40.6 Å². The number of fused-ring (bicyclic) bond motifs is 1. The van der Waals surface area contributed by atoms with Crippen LogP contribution in [-0.2, 0) is 4.79 Å². The van der Waals surface area contributed by atoms with Crippen molar-refractivity contribution >= 4 is 51.5 Å². The number of nitrogens with zero attached hydrogens (tertiary/aromatic N) is 4. The molecule has 0 bridgehead atoms. The largest absolute Gasteiger partial charge is 0.482 e. The number of carbonyl (C=O) groups excluding carboxylic acids is 1. The summed E-state index contributed by atoms with van der Waals surface area (Å²) in [6.07, 6.45) is 0. The van der Waals surface area contributed by atoms with Gasteiger partial charge in [-0.15, -0.1) is 10.2 Å². The van der Waals surface area contributed by atoms with Crippen LogP contribution in [0.3, 0.4) is 0 Å². The monoisotopic (exact) mass is 525 g/mol. The zero-order valence-electron chi connectivity index (χ0n) is 21.0. The number of hydrogen-bond acceptors (Lipinski definition) is 5. The Labute approximate surface area is 220 Å². The van der Waals surface area contributed by atoms with Crippen LogP contribution in [0.25, 0.3) is 16.7 Å². The van der Waals surface area contributed by atoms with Crippen molar-refractivity contribution in [1.82, 2.24) is 15.0 Å². The fourth-order valence-electron chi connectivity index (χ4n) is 4.16. The van der Waals surface area contributed by atoms with Gasteiger partial charge in [0.1, 0.15) is 16.8 Å². The summed E-state index contributed by atoms with van der Waals surface area (Å²) in [7, 11) is 0. The smallest absolute Gasteiger partial charge is 0.262 e. The number of carbonyl (C=O) groups is 1. The standard InChI is InChI=1S/C27H29Cl2N5O2/c1-6-33(7-2)20-8-9-25(17(4)11-20)34-31-23-12-16(3)22(14-24(23)32-34)30-26(35)15-36-27-18(5)10-19(28)13-21(27)29/h8-14H,6-7,15H2,1-5H3,(H,30,35). The molecule has 0 fully saturated rings. The van der Waals surface area contributed by atoms with E-state index >= 15 is 0 Å². The highest BCUT2D eigenvalue weighted by molar-refractivity contribution is 6.35. The number of halogens is 2. The Bertz CT molecular complexity index is 1410. The lowest BCUT2D eigenvalue weighted by Crippen LogP contribution is -2.21. The van der Waals surface area contributed by atoms with Crippen molar-refractivity contribution in [2.75, 3.05) is 29.9 Å². The van der Waals surface area contributed by atoms with E-state index in [1.807, 2.05) is 32.0 Å². The third-order valence-electron chi connectivity index (χ3n) is 6.07. The molecule has 7 nitrogen and oxygen atoms in total. The van der Waals surface area contributed by atoms with E-state index in [0.29, 0.717) is 27.0 Å². The molecule has 1 heterocycles. The van der Waals surface area contributed by atoms with Crippen molar-refractivity contribution in [3.63, 3.8) is 0 Å². The summed E-state index contributed by atoms with van der Waals surface area (Å²) in [6, 6.07) is 13.3. The first-order valence-electron chi connectivity index (χ1n) is 11.8. The van der Waals surface area contributed by atoms with Gasteiger partial charge in [-0.2, -0.15) is 4.80 Å². The maximum absolute atomic E-state index is 12.6. The molecule has 36 heavy (non-hydrogen) atoms. The number of rotatable bonds is 8. The molecule has 9 heteroatoms. The number of benzene rings is 3. The van der Waals surface area contributed by atoms with Gasteiger partial charge in [0, 0.05) is 29.5 Å². The average Bonchev–Trinajstić information content (AvgIpc) is 3.21. The molecule has 4 aromatic rings. The molecule has 1 amide bonds. The van der Waals surface area contributed by atoms with Gasteiger partial charge in [0.05, 0.1) is 10.7 Å². The van der Waals surface area contributed by atoms with Crippen molar-refractivity contribution in [2.45, 2.75) is 34.6 Å². The van der Waals surface area contributed by atoms with Crippen molar-refractivity contribution in [1.29, 1.82) is 0 Å². The molecule has 0 atom stereocenters. The first kappa shape index (κ1) is 25.8. The van der Waals surface area contributed by atoms with Crippen molar-refractivity contribution in [2.24, 2.45) is 0 Å². The molecule has 3 aromatic carbocycles. The molecule has 4 rings (SSSR count). The summed E-state index contributed by atoms with van der Waals surface area (Å²) >= 11 is 12.2. The van der Waals surface area contributed by atoms with Crippen molar-refractivity contribution in [3.05, 3.63) is 69.2 Å². The highest BCUT2D eigenvalue weighted by Crippen LogP contribution is 2.32. The average molecular weight is 526 g/mol. The van der Waals surface area contributed by atoms with Gasteiger partial charge < -0.3 is 15.0 Å². The Morgan fingerprint density at radius 2 is 1.64 bits per heavy atom. The van der Waals surface area contributed by atoms with Crippen LogP contribution in [0.4, 0.5) is 11.4 Å².